The van der Waals surface area contributed by atoms with E-state index in [1.165, 1.54) is 9.47 Å². The molecule has 11 heteroatoms. The highest BCUT2D eigenvalue weighted by atomic mass is 16.6. The summed E-state index contributed by atoms with van der Waals surface area (Å²) in [4.78, 5) is 39.0. The molecule has 0 bridgehead atoms. The van der Waals surface area contributed by atoms with E-state index in [1.54, 1.807) is 40.8 Å². The van der Waals surface area contributed by atoms with Gasteiger partial charge in [-0.3, -0.25) is 9.36 Å². The van der Waals surface area contributed by atoms with E-state index in [9.17, 15) is 24.8 Å². The fourth-order valence-electron chi connectivity index (χ4n) is 4.58. The summed E-state index contributed by atoms with van der Waals surface area (Å²) in [5, 5.41) is 23.4. The first-order chi connectivity index (χ1) is 19.3. The summed E-state index contributed by atoms with van der Waals surface area (Å²) in [6, 6.07) is 14.3. The van der Waals surface area contributed by atoms with E-state index in [0.29, 0.717) is 17.5 Å². The van der Waals surface area contributed by atoms with Gasteiger partial charge in [-0.05, 0) is 56.0 Å². The minimum absolute atomic E-state index is 0.0416. The third-order valence-electron chi connectivity index (χ3n) is 7.02. The molecule has 0 spiro atoms. The molecule has 0 saturated carbocycles. The van der Waals surface area contributed by atoms with Crippen LogP contribution >= 0.6 is 0 Å². The molecule has 1 aromatic heterocycles. The molecule has 4 rings (SSSR count). The van der Waals surface area contributed by atoms with Gasteiger partial charge in [0.15, 0.2) is 11.7 Å². The lowest BCUT2D eigenvalue weighted by Crippen LogP contribution is -2.50. The van der Waals surface area contributed by atoms with Crippen LogP contribution in [0.4, 0.5) is 4.79 Å². The van der Waals surface area contributed by atoms with Gasteiger partial charge < -0.3 is 29.2 Å². The Morgan fingerprint density at radius 1 is 1.22 bits per heavy atom. The summed E-state index contributed by atoms with van der Waals surface area (Å²) >= 11 is 0. The quantitative estimate of drug-likeness (QED) is 0.464. The zero-order chi connectivity index (χ0) is 29.9. The number of ether oxygens (including phenoxy) is 2. The summed E-state index contributed by atoms with van der Waals surface area (Å²) in [7, 11) is 1.65. The first kappa shape index (κ1) is 29.8. The number of rotatable bonds is 6. The lowest BCUT2D eigenvalue weighted by Gasteiger charge is -2.31. The van der Waals surface area contributed by atoms with E-state index < -0.39 is 41.1 Å². The van der Waals surface area contributed by atoms with Gasteiger partial charge in [-0.25, -0.2) is 9.59 Å². The van der Waals surface area contributed by atoms with E-state index in [0.717, 1.165) is 16.7 Å². The van der Waals surface area contributed by atoms with Gasteiger partial charge in [0.2, 0.25) is 0 Å². The fraction of sp³-hybridized carbons (Fsp3) is 0.467. The van der Waals surface area contributed by atoms with Crippen molar-refractivity contribution in [2.45, 2.75) is 63.9 Å². The van der Waals surface area contributed by atoms with E-state index in [-0.39, 0.29) is 26.1 Å². The van der Waals surface area contributed by atoms with Crippen molar-refractivity contribution >= 4 is 23.1 Å². The molecule has 1 saturated heterocycles. The first-order valence-corrected chi connectivity index (χ1v) is 13.5. The van der Waals surface area contributed by atoms with Crippen molar-refractivity contribution in [1.82, 2.24) is 14.8 Å². The maximum Gasteiger partial charge on any atom is 0.419 e. The summed E-state index contributed by atoms with van der Waals surface area (Å²) < 4.78 is 17.8. The van der Waals surface area contributed by atoms with Crippen LogP contribution in [0, 0.1) is 11.3 Å². The number of oxazole rings is 1. The normalized spacial score (nSPS) is 20.2. The molecule has 3 aromatic rings. The van der Waals surface area contributed by atoms with Crippen LogP contribution < -0.4 is 11.1 Å². The number of aliphatic hydroxyl groups is 1. The Kier molecular flexibility index (Phi) is 8.56. The molecule has 0 radical (unpaired) electrons. The van der Waals surface area contributed by atoms with E-state index >= 15 is 0 Å². The lowest BCUT2D eigenvalue weighted by molar-refractivity contribution is -0.136. The highest BCUT2D eigenvalue weighted by Gasteiger charge is 2.40. The molecule has 1 fully saturated rings. The van der Waals surface area contributed by atoms with Crippen molar-refractivity contribution in [2.24, 2.45) is 7.05 Å². The van der Waals surface area contributed by atoms with Crippen molar-refractivity contribution in [3.8, 4) is 17.2 Å². The van der Waals surface area contributed by atoms with Gasteiger partial charge in [-0.1, -0.05) is 37.3 Å². The zero-order valence-electron chi connectivity index (χ0n) is 24.0. The molecular weight excluding hydrogens is 528 g/mol. The summed E-state index contributed by atoms with van der Waals surface area (Å²) in [5.74, 6) is -0.981. The van der Waals surface area contributed by atoms with Gasteiger partial charge in [0, 0.05) is 13.5 Å². The monoisotopic (exact) mass is 564 g/mol. The molecule has 0 aliphatic carbocycles. The Bertz CT molecular complexity index is 1510. The van der Waals surface area contributed by atoms with Crippen LogP contribution in [0.5, 0.6) is 0 Å². The average Bonchev–Trinajstić information content (AvgIpc) is 3.09. The molecule has 3 atom stereocenters. The van der Waals surface area contributed by atoms with Crippen LogP contribution in [-0.4, -0.2) is 69.6 Å². The maximum absolute atomic E-state index is 13.2. The average molecular weight is 565 g/mol. The Balaban J connectivity index is 1.43. The number of hydrogen-bond donors (Lipinski definition) is 2. The zero-order valence-corrected chi connectivity index (χ0v) is 24.0. The number of aryl methyl sites for hydroxylation is 1. The lowest BCUT2D eigenvalue weighted by atomic mass is 10.0. The van der Waals surface area contributed by atoms with Crippen molar-refractivity contribution in [2.75, 3.05) is 19.7 Å². The Labute approximate surface area is 238 Å². The number of aromatic nitrogens is 1. The van der Waals surface area contributed by atoms with Crippen LogP contribution in [0.1, 0.15) is 39.7 Å². The molecule has 1 aliphatic rings. The number of carbonyl (C=O) groups is 2. The third kappa shape index (κ3) is 7.14. The number of nitrogens with zero attached hydrogens (tertiary/aromatic N) is 3. The highest BCUT2D eigenvalue weighted by molar-refractivity contribution is 5.83. The van der Waals surface area contributed by atoms with Crippen molar-refractivity contribution in [3.05, 3.63) is 58.6 Å². The van der Waals surface area contributed by atoms with Gasteiger partial charge in [0.1, 0.15) is 17.2 Å². The Hall–Kier alpha value is -4.14. The highest BCUT2D eigenvalue weighted by Crippen LogP contribution is 2.25. The molecule has 2 N–H and O–H groups in total. The van der Waals surface area contributed by atoms with Crippen molar-refractivity contribution < 1.29 is 28.6 Å². The second-order valence-corrected chi connectivity index (χ2v) is 11.4. The summed E-state index contributed by atoms with van der Waals surface area (Å²) in [6.07, 6.45) is -1.18. The first-order valence-electron chi connectivity index (χ1n) is 13.5. The van der Waals surface area contributed by atoms with E-state index in [4.69, 9.17) is 13.9 Å². The number of nitrogens with one attached hydrogen (secondary N) is 1. The number of amides is 2. The molecular formula is C30H36N4O7. The molecule has 2 amide bonds. The molecule has 41 heavy (non-hydrogen) atoms. The minimum Gasteiger partial charge on any atom is -0.444 e. The van der Waals surface area contributed by atoms with Gasteiger partial charge in [-0.15, -0.1) is 0 Å². The molecule has 0 unspecified atom stereocenters. The van der Waals surface area contributed by atoms with Crippen molar-refractivity contribution in [1.29, 1.82) is 5.26 Å². The summed E-state index contributed by atoms with van der Waals surface area (Å²) in [6.45, 7) is 6.68. The predicted octanol–water partition coefficient (Wildman–Crippen LogP) is 3.13. The molecule has 218 valence electrons. The van der Waals surface area contributed by atoms with E-state index in [2.05, 4.69) is 11.4 Å². The van der Waals surface area contributed by atoms with Crippen LogP contribution in [0.2, 0.25) is 0 Å². The molecule has 1 aliphatic heterocycles. The number of fused-ring (bicyclic) bond motifs is 1. The second-order valence-electron chi connectivity index (χ2n) is 11.4. The fourth-order valence-corrected chi connectivity index (χ4v) is 4.58. The SMILES string of the molecule is CC[C@]1(O)CO[C@H](C(=O)N[C@H](C#N)Cc2ccc(-c3ccc4oc(=O)n(C)c4c3)cc2)CN(C(=O)OC(C)(C)C)C1. The Morgan fingerprint density at radius 3 is 2.54 bits per heavy atom. The van der Waals surface area contributed by atoms with E-state index in [1.807, 2.05) is 36.4 Å². The molecule has 2 aromatic carbocycles. The van der Waals surface area contributed by atoms with Crippen LogP contribution in [0.3, 0.4) is 0 Å². The number of benzene rings is 2. The van der Waals surface area contributed by atoms with Gasteiger partial charge in [-0.2, -0.15) is 5.26 Å². The number of hydrogen-bond acceptors (Lipinski definition) is 8. The molecule has 2 heterocycles. The largest absolute Gasteiger partial charge is 0.444 e. The smallest absolute Gasteiger partial charge is 0.419 e. The predicted molar refractivity (Wildman–Crippen MR) is 151 cm³/mol. The number of β-amino-alcohol motifs (C(OH)–C–C–N with tert-alkyl or cyclic N) is 1. The van der Waals surface area contributed by atoms with Crippen molar-refractivity contribution in [3.63, 3.8) is 0 Å². The number of carbonyl (C=O) groups excluding carboxylic acids is 2. The third-order valence-corrected chi connectivity index (χ3v) is 7.02. The van der Waals surface area contributed by atoms with Gasteiger partial charge in [0.25, 0.3) is 5.91 Å². The van der Waals surface area contributed by atoms with Gasteiger partial charge in [0.05, 0.1) is 31.3 Å². The summed E-state index contributed by atoms with van der Waals surface area (Å²) in [5.41, 5.74) is 1.76. The second kappa shape index (κ2) is 11.8. The van der Waals surface area contributed by atoms with Crippen LogP contribution in [0.15, 0.2) is 51.7 Å². The molecule has 11 nitrogen and oxygen atoms in total. The number of nitriles is 1. The Morgan fingerprint density at radius 2 is 1.90 bits per heavy atom. The van der Waals surface area contributed by atoms with Crippen LogP contribution in [0.25, 0.3) is 22.2 Å². The topological polar surface area (TPSA) is 147 Å². The minimum atomic E-state index is -1.33. The van der Waals surface area contributed by atoms with Gasteiger partial charge >= 0.3 is 11.8 Å². The maximum atomic E-state index is 13.2. The standard InChI is InChI=1S/C30H36N4O7/c1-6-30(38)17-34(28(37)41-29(2,3)4)16-25(39-18-30)26(35)32-22(15-31)13-19-7-9-20(10-8-19)21-11-12-24-23(14-21)33(5)27(36)40-24/h7-12,14,22,25,38H,6,13,16-18H2,1-5H3,(H,32,35)/t22-,25-,30+/m0/s1. The van der Waals surface area contributed by atoms with Crippen LogP contribution in [-0.2, 0) is 27.7 Å².